The molecule has 1 aliphatic heterocycles. The predicted octanol–water partition coefficient (Wildman–Crippen LogP) is 1.41. The Bertz CT molecular complexity index is 418. The van der Waals surface area contributed by atoms with Gasteiger partial charge in [-0.1, -0.05) is 12.1 Å². The number of nitrogens with zero attached hydrogens (tertiary/aromatic N) is 1. The van der Waals surface area contributed by atoms with Gasteiger partial charge in [-0.3, -0.25) is 4.79 Å². The molecule has 1 heterocycles. The van der Waals surface area contributed by atoms with Crippen LogP contribution in [-0.4, -0.2) is 31.6 Å². The zero-order valence-electron chi connectivity index (χ0n) is 10.4. The van der Waals surface area contributed by atoms with Gasteiger partial charge in [0, 0.05) is 6.04 Å². The molecule has 0 saturated heterocycles. The molecule has 0 radical (unpaired) electrons. The smallest absolute Gasteiger partial charge is 0.247 e. The van der Waals surface area contributed by atoms with Gasteiger partial charge >= 0.3 is 0 Å². The number of nitrogens with one attached hydrogen (secondary N) is 1. The van der Waals surface area contributed by atoms with E-state index in [4.69, 9.17) is 4.74 Å². The Hall–Kier alpha value is -1.55. The lowest BCUT2D eigenvalue weighted by atomic mass is 10.2. The molecule has 4 nitrogen and oxygen atoms in total. The van der Waals surface area contributed by atoms with Crippen molar-refractivity contribution in [3.8, 4) is 5.75 Å². The average Bonchev–Trinajstić information content (AvgIpc) is 2.45. The minimum absolute atomic E-state index is 0.0625. The first-order valence-corrected chi connectivity index (χ1v) is 5.87. The predicted molar refractivity (Wildman–Crippen MR) is 67.4 cm³/mol. The normalized spacial score (nSPS) is 19.9. The molecule has 1 atom stereocenters. The molecule has 1 amide bonds. The Balaban J connectivity index is 2.46. The number of likely N-dealkylation sites (N-methyl/N-ethyl adjacent to an activating group) is 1. The van der Waals surface area contributed by atoms with Crippen molar-refractivity contribution in [2.24, 2.45) is 0 Å². The molecule has 1 N–H and O–H groups in total. The van der Waals surface area contributed by atoms with E-state index in [2.05, 4.69) is 5.32 Å². The molecule has 0 spiro atoms. The molecule has 1 aromatic rings. The summed E-state index contributed by atoms with van der Waals surface area (Å²) in [6.45, 7) is 4.38. The van der Waals surface area contributed by atoms with E-state index in [-0.39, 0.29) is 18.0 Å². The maximum absolute atomic E-state index is 12.4. The zero-order valence-corrected chi connectivity index (χ0v) is 10.4. The zero-order chi connectivity index (χ0) is 12.4. The van der Waals surface area contributed by atoms with Gasteiger partial charge in [-0.05, 0) is 33.0 Å². The first-order valence-electron chi connectivity index (χ1n) is 5.87. The van der Waals surface area contributed by atoms with Gasteiger partial charge in [0.05, 0.1) is 5.69 Å². The summed E-state index contributed by atoms with van der Waals surface area (Å²) in [5.41, 5.74) is 0.852. The highest BCUT2D eigenvalue weighted by Crippen LogP contribution is 2.32. The number of para-hydroxylation sites is 2. The summed E-state index contributed by atoms with van der Waals surface area (Å²) in [6, 6.07) is 7.49. The second-order valence-electron chi connectivity index (χ2n) is 4.42. The Morgan fingerprint density at radius 2 is 2.12 bits per heavy atom. The van der Waals surface area contributed by atoms with Crippen molar-refractivity contribution in [2.45, 2.75) is 25.9 Å². The van der Waals surface area contributed by atoms with E-state index in [1.165, 1.54) is 0 Å². The van der Waals surface area contributed by atoms with Crippen LogP contribution in [0.3, 0.4) is 0 Å². The fourth-order valence-electron chi connectivity index (χ4n) is 2.05. The van der Waals surface area contributed by atoms with Gasteiger partial charge in [0.25, 0.3) is 0 Å². The second kappa shape index (κ2) is 4.75. The second-order valence-corrected chi connectivity index (χ2v) is 4.42. The summed E-state index contributed by atoms with van der Waals surface area (Å²) in [5.74, 6) is 0.833. The quantitative estimate of drug-likeness (QED) is 0.841. The van der Waals surface area contributed by atoms with Crippen LogP contribution in [0.4, 0.5) is 5.69 Å². The molecule has 0 aromatic heterocycles. The molecule has 0 aliphatic carbocycles. The number of carbonyl (C=O) groups is 1. The number of hydrogen-bond donors (Lipinski definition) is 1. The average molecular weight is 234 g/mol. The third-order valence-corrected chi connectivity index (χ3v) is 2.93. The first-order chi connectivity index (χ1) is 8.15. The first kappa shape index (κ1) is 11.9. The SMILES string of the molecule is CNC1COc2ccccc2N(C(C)C)C1=O. The molecule has 2 rings (SSSR count). The lowest BCUT2D eigenvalue weighted by Gasteiger charge is -2.27. The van der Waals surface area contributed by atoms with Gasteiger partial charge in [-0.2, -0.15) is 0 Å². The lowest BCUT2D eigenvalue weighted by molar-refractivity contribution is -0.121. The highest BCUT2D eigenvalue weighted by molar-refractivity contribution is 5.99. The van der Waals surface area contributed by atoms with E-state index in [9.17, 15) is 4.79 Å². The number of carbonyl (C=O) groups excluding carboxylic acids is 1. The summed E-state index contributed by atoms with van der Waals surface area (Å²) in [7, 11) is 1.78. The Kier molecular flexibility index (Phi) is 3.33. The minimum atomic E-state index is -0.287. The largest absolute Gasteiger partial charge is 0.489 e. The van der Waals surface area contributed by atoms with Crippen molar-refractivity contribution in [1.82, 2.24) is 5.32 Å². The van der Waals surface area contributed by atoms with Crippen LogP contribution in [0.5, 0.6) is 5.75 Å². The molecule has 0 fully saturated rings. The van der Waals surface area contributed by atoms with Gasteiger partial charge in [0.1, 0.15) is 18.4 Å². The van der Waals surface area contributed by atoms with E-state index in [1.54, 1.807) is 11.9 Å². The maximum atomic E-state index is 12.4. The maximum Gasteiger partial charge on any atom is 0.247 e. The third kappa shape index (κ3) is 2.13. The van der Waals surface area contributed by atoms with Crippen molar-refractivity contribution < 1.29 is 9.53 Å². The van der Waals surface area contributed by atoms with Crippen LogP contribution in [0.2, 0.25) is 0 Å². The van der Waals surface area contributed by atoms with Crippen LogP contribution in [-0.2, 0) is 4.79 Å². The molecular weight excluding hydrogens is 216 g/mol. The van der Waals surface area contributed by atoms with Gasteiger partial charge in [-0.25, -0.2) is 0 Å². The Morgan fingerprint density at radius 3 is 2.76 bits per heavy atom. The molecule has 1 aliphatic rings. The summed E-state index contributed by atoms with van der Waals surface area (Å²) < 4.78 is 5.68. The molecule has 1 unspecified atom stereocenters. The highest BCUT2D eigenvalue weighted by atomic mass is 16.5. The van der Waals surface area contributed by atoms with E-state index >= 15 is 0 Å². The Labute approximate surface area is 102 Å². The van der Waals surface area contributed by atoms with Crippen LogP contribution in [0.1, 0.15) is 13.8 Å². The molecule has 1 aromatic carbocycles. The van der Waals surface area contributed by atoms with Gasteiger partial charge in [0.2, 0.25) is 5.91 Å². The number of fused-ring (bicyclic) bond motifs is 1. The molecule has 0 saturated carbocycles. The van der Waals surface area contributed by atoms with Crippen molar-refractivity contribution >= 4 is 11.6 Å². The van der Waals surface area contributed by atoms with Crippen molar-refractivity contribution in [2.75, 3.05) is 18.6 Å². The van der Waals surface area contributed by atoms with E-state index in [1.807, 2.05) is 38.1 Å². The van der Waals surface area contributed by atoms with Crippen LogP contribution in [0.15, 0.2) is 24.3 Å². The van der Waals surface area contributed by atoms with Gasteiger partial charge in [0.15, 0.2) is 0 Å². The molecular formula is C13H18N2O2. The van der Waals surface area contributed by atoms with Crippen molar-refractivity contribution in [3.63, 3.8) is 0 Å². The topological polar surface area (TPSA) is 41.6 Å². The Morgan fingerprint density at radius 1 is 1.41 bits per heavy atom. The summed E-state index contributed by atoms with van der Waals surface area (Å²) in [6.07, 6.45) is 0. The number of benzene rings is 1. The van der Waals surface area contributed by atoms with Crippen molar-refractivity contribution in [1.29, 1.82) is 0 Å². The number of anilines is 1. The van der Waals surface area contributed by atoms with E-state index < -0.39 is 0 Å². The minimum Gasteiger partial charge on any atom is -0.489 e. The van der Waals surface area contributed by atoms with Gasteiger partial charge in [-0.15, -0.1) is 0 Å². The van der Waals surface area contributed by atoms with Crippen LogP contribution >= 0.6 is 0 Å². The van der Waals surface area contributed by atoms with E-state index in [0.717, 1.165) is 11.4 Å². The van der Waals surface area contributed by atoms with Gasteiger partial charge < -0.3 is 15.0 Å². The molecule has 4 heteroatoms. The molecule has 92 valence electrons. The monoisotopic (exact) mass is 234 g/mol. The summed E-state index contributed by atoms with van der Waals surface area (Å²) in [5, 5.41) is 3.00. The number of ether oxygens (including phenoxy) is 1. The number of amides is 1. The summed E-state index contributed by atoms with van der Waals surface area (Å²) in [4.78, 5) is 14.2. The summed E-state index contributed by atoms with van der Waals surface area (Å²) >= 11 is 0. The van der Waals surface area contributed by atoms with Crippen LogP contribution in [0, 0.1) is 0 Å². The molecule has 17 heavy (non-hydrogen) atoms. The fourth-order valence-corrected chi connectivity index (χ4v) is 2.05. The van der Waals surface area contributed by atoms with Crippen LogP contribution in [0.25, 0.3) is 0 Å². The van der Waals surface area contributed by atoms with Crippen LogP contribution < -0.4 is 15.0 Å². The highest BCUT2D eigenvalue weighted by Gasteiger charge is 2.31. The number of hydrogen-bond acceptors (Lipinski definition) is 3. The van der Waals surface area contributed by atoms with Crippen molar-refractivity contribution in [3.05, 3.63) is 24.3 Å². The molecule has 0 bridgehead atoms. The standard InChI is InChI=1S/C13H18N2O2/c1-9(2)15-11-6-4-5-7-12(11)17-8-10(14-3)13(15)16/h4-7,9-10,14H,8H2,1-3H3. The lowest BCUT2D eigenvalue weighted by Crippen LogP contribution is -2.49. The third-order valence-electron chi connectivity index (χ3n) is 2.93. The number of rotatable bonds is 2. The van der Waals surface area contributed by atoms with E-state index in [0.29, 0.717) is 6.61 Å². The fraction of sp³-hybridized carbons (Fsp3) is 0.462.